The molecule has 0 spiro atoms. The quantitative estimate of drug-likeness (QED) is 0.636. The summed E-state index contributed by atoms with van der Waals surface area (Å²) in [5.41, 5.74) is 2.33. The SMILES string of the molecule is CCn1c(O)c(N=NC(=S)NC(C)(C)C)c2cc(C)ccc21. The zero-order valence-electron chi connectivity index (χ0n) is 13.6. The Kier molecular flexibility index (Phi) is 4.51. The number of nitrogens with one attached hydrogen (secondary N) is 1. The summed E-state index contributed by atoms with van der Waals surface area (Å²) in [7, 11) is 0. The van der Waals surface area contributed by atoms with E-state index in [1.165, 1.54) is 0 Å². The molecule has 0 aliphatic carbocycles. The number of hydrogen-bond donors (Lipinski definition) is 2. The lowest BCUT2D eigenvalue weighted by molar-refractivity contribution is 0.427. The first-order valence-corrected chi connectivity index (χ1v) is 7.69. The van der Waals surface area contributed by atoms with Crippen LogP contribution in [0.15, 0.2) is 28.4 Å². The Labute approximate surface area is 136 Å². The van der Waals surface area contributed by atoms with E-state index in [9.17, 15) is 5.11 Å². The number of azo groups is 1. The highest BCUT2D eigenvalue weighted by atomic mass is 32.1. The van der Waals surface area contributed by atoms with Crippen molar-refractivity contribution in [2.24, 2.45) is 10.2 Å². The van der Waals surface area contributed by atoms with Gasteiger partial charge in [-0.15, -0.1) is 10.2 Å². The van der Waals surface area contributed by atoms with Crippen molar-refractivity contribution in [2.75, 3.05) is 0 Å². The first kappa shape index (κ1) is 16.4. The van der Waals surface area contributed by atoms with Gasteiger partial charge in [-0.2, -0.15) is 0 Å². The topological polar surface area (TPSA) is 61.9 Å². The van der Waals surface area contributed by atoms with E-state index in [4.69, 9.17) is 12.2 Å². The fourth-order valence-corrected chi connectivity index (χ4v) is 2.64. The van der Waals surface area contributed by atoms with Crippen LogP contribution in [0.3, 0.4) is 0 Å². The van der Waals surface area contributed by atoms with Crippen molar-refractivity contribution >= 4 is 33.9 Å². The zero-order chi connectivity index (χ0) is 16.5. The van der Waals surface area contributed by atoms with Crippen LogP contribution in [0.5, 0.6) is 5.88 Å². The summed E-state index contributed by atoms with van der Waals surface area (Å²) in [6.07, 6.45) is 0. The highest BCUT2D eigenvalue weighted by Gasteiger charge is 2.16. The second-order valence-electron chi connectivity index (χ2n) is 6.32. The van der Waals surface area contributed by atoms with Crippen molar-refractivity contribution in [3.05, 3.63) is 23.8 Å². The molecule has 1 aromatic heterocycles. The molecule has 2 N–H and O–H groups in total. The molecule has 2 aromatic rings. The van der Waals surface area contributed by atoms with Crippen molar-refractivity contribution in [3.63, 3.8) is 0 Å². The van der Waals surface area contributed by atoms with Crippen molar-refractivity contribution < 1.29 is 5.11 Å². The number of thiocarbonyl (C=S) groups is 1. The molecule has 1 aromatic carbocycles. The summed E-state index contributed by atoms with van der Waals surface area (Å²) in [6.45, 7) is 10.6. The number of benzene rings is 1. The minimum absolute atomic E-state index is 0.116. The molecular formula is C16H22N4OS. The van der Waals surface area contributed by atoms with E-state index >= 15 is 0 Å². The van der Waals surface area contributed by atoms with Crippen LogP contribution in [0.25, 0.3) is 10.9 Å². The third kappa shape index (κ3) is 3.44. The van der Waals surface area contributed by atoms with Gasteiger partial charge in [0.2, 0.25) is 11.0 Å². The number of hydrogen-bond acceptors (Lipinski definition) is 3. The molecule has 22 heavy (non-hydrogen) atoms. The van der Waals surface area contributed by atoms with E-state index in [2.05, 4.69) is 15.5 Å². The molecule has 1 heterocycles. The van der Waals surface area contributed by atoms with E-state index in [1.807, 2.05) is 57.4 Å². The van der Waals surface area contributed by atoms with Gasteiger partial charge in [-0.1, -0.05) is 11.6 Å². The van der Waals surface area contributed by atoms with Crippen molar-refractivity contribution in [1.82, 2.24) is 9.88 Å². The van der Waals surface area contributed by atoms with Gasteiger partial charge in [0, 0.05) is 17.5 Å². The molecule has 0 saturated heterocycles. The van der Waals surface area contributed by atoms with Crippen LogP contribution in [0.1, 0.15) is 33.3 Å². The van der Waals surface area contributed by atoms with E-state index < -0.39 is 0 Å². The second-order valence-corrected chi connectivity index (χ2v) is 6.70. The summed E-state index contributed by atoms with van der Waals surface area (Å²) in [4.78, 5) is 0. The largest absolute Gasteiger partial charge is 0.493 e. The van der Waals surface area contributed by atoms with Gasteiger partial charge in [0.25, 0.3) is 0 Å². The van der Waals surface area contributed by atoms with Crippen molar-refractivity contribution in [2.45, 2.75) is 46.7 Å². The Bertz CT molecular complexity index is 741. The molecule has 0 radical (unpaired) electrons. The Hall–Kier alpha value is -1.95. The van der Waals surface area contributed by atoms with Crippen LogP contribution in [0.2, 0.25) is 0 Å². The zero-order valence-corrected chi connectivity index (χ0v) is 14.5. The van der Waals surface area contributed by atoms with Crippen LogP contribution in [0.4, 0.5) is 5.69 Å². The molecule has 2 rings (SSSR count). The molecule has 0 amide bonds. The lowest BCUT2D eigenvalue weighted by Crippen LogP contribution is -2.38. The molecule has 0 aliphatic rings. The Morgan fingerprint density at radius 3 is 2.64 bits per heavy atom. The second kappa shape index (κ2) is 6.04. The lowest BCUT2D eigenvalue weighted by Gasteiger charge is -2.19. The molecule has 0 saturated carbocycles. The summed E-state index contributed by atoms with van der Waals surface area (Å²) in [5, 5.41) is 22.9. The first-order valence-electron chi connectivity index (χ1n) is 7.28. The van der Waals surface area contributed by atoms with Crippen LogP contribution in [0, 0.1) is 6.92 Å². The minimum atomic E-state index is -0.174. The van der Waals surface area contributed by atoms with Gasteiger partial charge in [-0.3, -0.25) is 0 Å². The van der Waals surface area contributed by atoms with E-state index in [1.54, 1.807) is 0 Å². The van der Waals surface area contributed by atoms with Gasteiger partial charge in [0.1, 0.15) is 0 Å². The summed E-state index contributed by atoms with van der Waals surface area (Å²) >= 11 is 5.17. The van der Waals surface area contributed by atoms with Gasteiger partial charge in [-0.25, -0.2) is 0 Å². The average molecular weight is 318 g/mol. The maximum absolute atomic E-state index is 10.4. The van der Waals surface area contributed by atoms with Gasteiger partial charge >= 0.3 is 0 Å². The van der Waals surface area contributed by atoms with E-state index in [-0.39, 0.29) is 11.4 Å². The highest BCUT2D eigenvalue weighted by Crippen LogP contribution is 2.39. The van der Waals surface area contributed by atoms with Crippen molar-refractivity contribution in [3.8, 4) is 5.88 Å². The van der Waals surface area contributed by atoms with Gasteiger partial charge < -0.3 is 15.0 Å². The molecular weight excluding hydrogens is 296 g/mol. The number of rotatable bonds is 2. The molecule has 0 aliphatic heterocycles. The third-order valence-electron chi connectivity index (χ3n) is 3.20. The predicted molar refractivity (Wildman–Crippen MR) is 94.0 cm³/mol. The van der Waals surface area contributed by atoms with Crippen molar-refractivity contribution in [1.29, 1.82) is 0 Å². The summed E-state index contributed by atoms with van der Waals surface area (Å²) in [6, 6.07) is 6.00. The third-order valence-corrected chi connectivity index (χ3v) is 3.39. The normalized spacial score (nSPS) is 12.2. The monoisotopic (exact) mass is 318 g/mol. The molecule has 0 atom stereocenters. The number of nitrogens with zero attached hydrogens (tertiary/aromatic N) is 3. The molecule has 0 bridgehead atoms. The van der Waals surface area contributed by atoms with Crippen LogP contribution in [-0.4, -0.2) is 20.3 Å². The Balaban J connectivity index is 2.45. The fraction of sp³-hybridized carbons (Fsp3) is 0.438. The van der Waals surface area contributed by atoms with E-state index in [0.717, 1.165) is 16.5 Å². The molecule has 118 valence electrons. The smallest absolute Gasteiger partial charge is 0.220 e. The van der Waals surface area contributed by atoms with Crippen LogP contribution in [-0.2, 0) is 6.54 Å². The average Bonchev–Trinajstić information content (AvgIpc) is 2.65. The number of aryl methyl sites for hydroxylation is 2. The highest BCUT2D eigenvalue weighted by molar-refractivity contribution is 7.80. The maximum atomic E-state index is 10.4. The van der Waals surface area contributed by atoms with Gasteiger partial charge in [0.05, 0.1) is 5.52 Å². The van der Waals surface area contributed by atoms with E-state index in [0.29, 0.717) is 17.3 Å². The Morgan fingerprint density at radius 2 is 2.05 bits per heavy atom. The molecule has 5 nitrogen and oxygen atoms in total. The Morgan fingerprint density at radius 1 is 1.36 bits per heavy atom. The fourth-order valence-electron chi connectivity index (χ4n) is 2.30. The number of aromatic hydroxyl groups is 1. The predicted octanol–water partition coefficient (Wildman–Crippen LogP) is 4.43. The minimum Gasteiger partial charge on any atom is -0.493 e. The molecule has 0 fully saturated rings. The first-order chi connectivity index (χ1) is 10.2. The number of aromatic nitrogens is 1. The lowest BCUT2D eigenvalue weighted by atomic mass is 10.1. The van der Waals surface area contributed by atoms with Crippen LogP contribution < -0.4 is 5.32 Å². The molecule has 6 heteroatoms. The van der Waals surface area contributed by atoms with Gasteiger partial charge in [-0.05, 0) is 59.0 Å². The summed E-state index contributed by atoms with van der Waals surface area (Å²) < 4.78 is 1.81. The maximum Gasteiger partial charge on any atom is 0.220 e. The standard InChI is InChI=1S/C16H22N4OS/c1-6-20-12-8-7-10(2)9-11(12)13(14(20)21)18-19-15(22)17-16(3,4)5/h7-9,21H,6H2,1-5H3,(H,17,22). The summed E-state index contributed by atoms with van der Waals surface area (Å²) in [5.74, 6) is 0.116. The number of fused-ring (bicyclic) bond motifs is 1. The van der Waals surface area contributed by atoms with Gasteiger partial charge in [0.15, 0.2) is 5.69 Å². The molecule has 0 unspecified atom stereocenters. The van der Waals surface area contributed by atoms with Crippen LogP contribution >= 0.6 is 12.2 Å².